The van der Waals surface area contributed by atoms with Gasteiger partial charge in [0.2, 0.25) is 11.8 Å². The Labute approximate surface area is 233 Å². The van der Waals surface area contributed by atoms with Crippen LogP contribution in [-0.2, 0) is 22.6 Å². The number of nitrogens with one attached hydrogen (secondary N) is 1. The smallest absolute Gasteiger partial charge is 0.250 e. The van der Waals surface area contributed by atoms with E-state index in [0.717, 1.165) is 56.9 Å². The van der Waals surface area contributed by atoms with Gasteiger partial charge in [-0.05, 0) is 59.4 Å². The largest absolute Gasteiger partial charge is 0.324 e. The van der Waals surface area contributed by atoms with Gasteiger partial charge < -0.3 is 10.2 Å². The SMILES string of the molecule is Cc1ccc(NC(=O)C2(N(Cc3ccccc3)C(=O)Cc3cccc4ccccc34)CCCCC2)cc1Br. The highest BCUT2D eigenvalue weighted by Crippen LogP contribution is 2.37. The van der Waals surface area contributed by atoms with Crippen molar-refractivity contribution >= 4 is 44.2 Å². The van der Waals surface area contributed by atoms with Gasteiger partial charge in [0.05, 0.1) is 6.42 Å². The molecule has 0 saturated heterocycles. The molecule has 0 bridgehead atoms. The van der Waals surface area contributed by atoms with Crippen LogP contribution in [0.15, 0.2) is 95.5 Å². The van der Waals surface area contributed by atoms with Gasteiger partial charge in [0.1, 0.15) is 5.54 Å². The number of fused-ring (bicyclic) bond motifs is 1. The van der Waals surface area contributed by atoms with Crippen molar-refractivity contribution in [2.45, 2.75) is 57.5 Å². The van der Waals surface area contributed by atoms with Gasteiger partial charge in [-0.2, -0.15) is 0 Å². The third-order valence-corrected chi connectivity index (χ3v) is 8.61. The maximum atomic E-state index is 14.3. The van der Waals surface area contributed by atoms with Crippen molar-refractivity contribution in [2.24, 2.45) is 0 Å². The first-order valence-electron chi connectivity index (χ1n) is 13.3. The highest BCUT2D eigenvalue weighted by molar-refractivity contribution is 9.10. The number of aryl methyl sites for hydroxylation is 1. The Bertz CT molecular complexity index is 1440. The first kappa shape index (κ1) is 26.2. The van der Waals surface area contributed by atoms with Crippen LogP contribution in [0.25, 0.3) is 10.8 Å². The number of halogens is 1. The zero-order valence-corrected chi connectivity index (χ0v) is 23.3. The maximum absolute atomic E-state index is 14.3. The van der Waals surface area contributed by atoms with E-state index in [1.165, 1.54) is 0 Å². The average molecular weight is 570 g/mol. The number of carbonyl (C=O) groups is 2. The van der Waals surface area contributed by atoms with E-state index >= 15 is 0 Å². The lowest BCUT2D eigenvalue weighted by Crippen LogP contribution is -2.60. The number of rotatable bonds is 7. The Morgan fingerprint density at radius 1 is 0.868 bits per heavy atom. The van der Waals surface area contributed by atoms with Gasteiger partial charge >= 0.3 is 0 Å². The number of benzene rings is 4. The quantitative estimate of drug-likeness (QED) is 0.247. The van der Waals surface area contributed by atoms with Crippen LogP contribution in [0.2, 0.25) is 0 Å². The standard InChI is InChI=1S/C33H33BrN2O2/c1-24-17-18-28(22-30(24)34)35-32(38)33(19-8-3-9-20-33)36(23-25-11-4-2-5-12-25)31(37)21-27-15-10-14-26-13-6-7-16-29(26)27/h2,4-7,10-18,22H,3,8-9,19-21,23H2,1H3,(H,35,38). The lowest BCUT2D eigenvalue weighted by molar-refractivity contribution is -0.148. The molecular formula is C33H33BrN2O2. The predicted molar refractivity (Wildman–Crippen MR) is 158 cm³/mol. The summed E-state index contributed by atoms with van der Waals surface area (Å²) in [7, 11) is 0. The molecule has 5 heteroatoms. The summed E-state index contributed by atoms with van der Waals surface area (Å²) in [6.07, 6.45) is 4.46. The molecule has 194 valence electrons. The summed E-state index contributed by atoms with van der Waals surface area (Å²) in [5.41, 5.74) is 2.94. The van der Waals surface area contributed by atoms with E-state index in [4.69, 9.17) is 0 Å². The molecule has 0 atom stereocenters. The molecule has 4 aromatic carbocycles. The van der Waals surface area contributed by atoms with Crippen LogP contribution < -0.4 is 5.32 Å². The molecule has 5 rings (SSSR count). The van der Waals surface area contributed by atoms with Crippen molar-refractivity contribution < 1.29 is 9.59 Å². The second-order valence-electron chi connectivity index (χ2n) is 10.3. The fourth-order valence-electron chi connectivity index (χ4n) is 5.62. The third-order valence-electron chi connectivity index (χ3n) is 7.76. The van der Waals surface area contributed by atoms with E-state index in [-0.39, 0.29) is 18.2 Å². The predicted octanol–water partition coefficient (Wildman–Crippen LogP) is 7.82. The Hall–Kier alpha value is -3.44. The molecule has 38 heavy (non-hydrogen) atoms. The molecule has 2 amide bonds. The van der Waals surface area contributed by atoms with Crippen molar-refractivity contribution in [1.29, 1.82) is 0 Å². The Balaban J connectivity index is 1.52. The topological polar surface area (TPSA) is 49.4 Å². The van der Waals surface area contributed by atoms with Gasteiger partial charge in [-0.1, -0.05) is 114 Å². The van der Waals surface area contributed by atoms with Gasteiger partial charge in [0.25, 0.3) is 0 Å². The van der Waals surface area contributed by atoms with Crippen molar-refractivity contribution in [3.63, 3.8) is 0 Å². The van der Waals surface area contributed by atoms with Crippen LogP contribution in [0.1, 0.15) is 48.8 Å². The van der Waals surface area contributed by atoms with Crippen LogP contribution in [0.5, 0.6) is 0 Å². The van der Waals surface area contributed by atoms with Crippen molar-refractivity contribution in [1.82, 2.24) is 4.90 Å². The van der Waals surface area contributed by atoms with Crippen molar-refractivity contribution in [3.05, 3.63) is 112 Å². The van der Waals surface area contributed by atoms with Gasteiger partial charge in [0, 0.05) is 16.7 Å². The number of carbonyl (C=O) groups excluding carboxylic acids is 2. The number of hydrogen-bond acceptors (Lipinski definition) is 2. The minimum Gasteiger partial charge on any atom is -0.324 e. The summed E-state index contributed by atoms with van der Waals surface area (Å²) in [5, 5.41) is 5.36. The molecule has 1 fully saturated rings. The van der Waals surface area contributed by atoms with Crippen LogP contribution >= 0.6 is 15.9 Å². The van der Waals surface area contributed by atoms with Gasteiger partial charge in [0.15, 0.2) is 0 Å². The molecule has 1 N–H and O–H groups in total. The van der Waals surface area contributed by atoms with E-state index in [0.29, 0.717) is 19.4 Å². The van der Waals surface area contributed by atoms with Crippen LogP contribution in [0, 0.1) is 6.92 Å². The van der Waals surface area contributed by atoms with Crippen LogP contribution in [0.4, 0.5) is 5.69 Å². The summed E-state index contributed by atoms with van der Waals surface area (Å²) in [6.45, 7) is 2.42. The molecule has 0 radical (unpaired) electrons. The fourth-order valence-corrected chi connectivity index (χ4v) is 6.00. The first-order valence-corrected chi connectivity index (χ1v) is 14.1. The number of amides is 2. The molecule has 4 nitrogen and oxygen atoms in total. The number of nitrogens with zero attached hydrogens (tertiary/aromatic N) is 1. The summed E-state index contributed by atoms with van der Waals surface area (Å²) >= 11 is 3.58. The zero-order valence-electron chi connectivity index (χ0n) is 21.8. The average Bonchev–Trinajstić information content (AvgIpc) is 2.95. The normalized spacial score (nSPS) is 14.7. The second-order valence-corrected chi connectivity index (χ2v) is 11.1. The molecule has 4 aromatic rings. The number of hydrogen-bond donors (Lipinski definition) is 1. The van der Waals surface area contributed by atoms with Crippen LogP contribution in [-0.4, -0.2) is 22.3 Å². The lowest BCUT2D eigenvalue weighted by Gasteiger charge is -2.45. The molecule has 1 aliphatic rings. The highest BCUT2D eigenvalue weighted by Gasteiger charge is 2.47. The molecule has 1 saturated carbocycles. The number of anilines is 1. The van der Waals surface area contributed by atoms with E-state index in [9.17, 15) is 9.59 Å². The van der Waals surface area contributed by atoms with Gasteiger partial charge in [-0.3, -0.25) is 9.59 Å². The molecule has 0 spiro atoms. The first-order chi connectivity index (χ1) is 18.5. The Morgan fingerprint density at radius 2 is 1.58 bits per heavy atom. The minimum atomic E-state index is -0.910. The van der Waals surface area contributed by atoms with Crippen LogP contribution in [0.3, 0.4) is 0 Å². The van der Waals surface area contributed by atoms with E-state index in [2.05, 4.69) is 39.4 Å². The monoisotopic (exact) mass is 568 g/mol. The van der Waals surface area contributed by atoms with Crippen molar-refractivity contribution in [3.8, 4) is 0 Å². The van der Waals surface area contributed by atoms with Gasteiger partial charge in [-0.25, -0.2) is 0 Å². The molecule has 0 aliphatic heterocycles. The van der Waals surface area contributed by atoms with E-state index < -0.39 is 5.54 Å². The lowest BCUT2D eigenvalue weighted by atomic mass is 9.78. The zero-order chi connectivity index (χ0) is 26.5. The summed E-state index contributed by atoms with van der Waals surface area (Å²) < 4.78 is 0.946. The van der Waals surface area contributed by atoms with E-state index in [1.807, 2.05) is 84.6 Å². The van der Waals surface area contributed by atoms with E-state index in [1.54, 1.807) is 0 Å². The molecular weight excluding hydrogens is 536 g/mol. The van der Waals surface area contributed by atoms with Crippen molar-refractivity contribution in [2.75, 3.05) is 5.32 Å². The highest BCUT2D eigenvalue weighted by atomic mass is 79.9. The molecule has 1 aliphatic carbocycles. The molecule has 0 aromatic heterocycles. The second kappa shape index (κ2) is 11.5. The summed E-state index contributed by atoms with van der Waals surface area (Å²) in [6, 6.07) is 30.1. The molecule has 0 heterocycles. The fraction of sp³-hybridized carbons (Fsp3) is 0.273. The third kappa shape index (κ3) is 5.53. The Morgan fingerprint density at radius 3 is 2.34 bits per heavy atom. The Kier molecular flexibility index (Phi) is 7.94. The minimum absolute atomic E-state index is 0.0210. The molecule has 0 unspecified atom stereocenters. The van der Waals surface area contributed by atoms with Gasteiger partial charge in [-0.15, -0.1) is 0 Å². The summed E-state index contributed by atoms with van der Waals surface area (Å²) in [4.78, 5) is 30.3. The summed E-state index contributed by atoms with van der Waals surface area (Å²) in [5.74, 6) is -0.123. The maximum Gasteiger partial charge on any atom is 0.250 e.